The number of nitriles is 1. The Balaban J connectivity index is 1.68. The van der Waals surface area contributed by atoms with E-state index in [2.05, 4.69) is 10.6 Å². The SMILES string of the molecule is COc1cc(/C=C(\C#N)C(=O)Nc2ccc(F)cc2)ccc1OCC(=O)Nc1ccccc1F. The van der Waals surface area contributed by atoms with Crippen LogP contribution in [0.1, 0.15) is 5.56 Å². The van der Waals surface area contributed by atoms with Crippen LogP contribution in [0, 0.1) is 23.0 Å². The van der Waals surface area contributed by atoms with Gasteiger partial charge < -0.3 is 20.1 Å². The number of benzene rings is 3. The fraction of sp³-hybridized carbons (Fsp3) is 0.0800. The number of halogens is 2. The fourth-order valence-corrected chi connectivity index (χ4v) is 2.83. The van der Waals surface area contributed by atoms with E-state index in [1.165, 1.54) is 67.8 Å². The van der Waals surface area contributed by atoms with Crippen LogP contribution < -0.4 is 20.1 Å². The Bertz CT molecular complexity index is 1270. The van der Waals surface area contributed by atoms with Crippen LogP contribution in [-0.2, 0) is 9.59 Å². The Morgan fingerprint density at radius 2 is 1.74 bits per heavy atom. The second kappa shape index (κ2) is 11.2. The van der Waals surface area contributed by atoms with E-state index < -0.39 is 30.1 Å². The summed E-state index contributed by atoms with van der Waals surface area (Å²) < 4.78 is 37.4. The predicted octanol–water partition coefficient (Wildman–Crippen LogP) is 4.54. The number of hydrogen-bond acceptors (Lipinski definition) is 5. The molecule has 3 rings (SSSR count). The summed E-state index contributed by atoms with van der Waals surface area (Å²) in [5.41, 5.74) is 0.643. The molecule has 34 heavy (non-hydrogen) atoms. The minimum Gasteiger partial charge on any atom is -0.493 e. The second-order valence-corrected chi connectivity index (χ2v) is 6.86. The van der Waals surface area contributed by atoms with E-state index >= 15 is 0 Å². The van der Waals surface area contributed by atoms with Gasteiger partial charge >= 0.3 is 0 Å². The van der Waals surface area contributed by atoms with Gasteiger partial charge in [-0.25, -0.2) is 8.78 Å². The maximum Gasteiger partial charge on any atom is 0.266 e. The molecule has 172 valence electrons. The molecule has 2 amide bonds. The first-order valence-corrected chi connectivity index (χ1v) is 9.93. The third kappa shape index (κ3) is 6.40. The van der Waals surface area contributed by atoms with Crippen LogP contribution in [0.5, 0.6) is 11.5 Å². The highest BCUT2D eigenvalue weighted by atomic mass is 19.1. The van der Waals surface area contributed by atoms with Gasteiger partial charge in [0.1, 0.15) is 23.3 Å². The molecule has 0 bridgehead atoms. The lowest BCUT2D eigenvalue weighted by Crippen LogP contribution is -2.20. The van der Waals surface area contributed by atoms with E-state index in [1.54, 1.807) is 12.1 Å². The summed E-state index contributed by atoms with van der Waals surface area (Å²) in [5, 5.41) is 14.3. The third-order valence-electron chi connectivity index (χ3n) is 4.47. The van der Waals surface area contributed by atoms with Gasteiger partial charge in [-0.05, 0) is 60.2 Å². The highest BCUT2D eigenvalue weighted by Crippen LogP contribution is 2.29. The summed E-state index contributed by atoms with van der Waals surface area (Å²) in [5.74, 6) is -1.77. The van der Waals surface area contributed by atoms with E-state index in [0.717, 1.165) is 0 Å². The summed E-state index contributed by atoms with van der Waals surface area (Å²) in [7, 11) is 1.39. The van der Waals surface area contributed by atoms with Crippen LogP contribution in [0.3, 0.4) is 0 Å². The molecule has 2 N–H and O–H groups in total. The van der Waals surface area contributed by atoms with E-state index in [4.69, 9.17) is 9.47 Å². The highest BCUT2D eigenvalue weighted by Gasteiger charge is 2.13. The monoisotopic (exact) mass is 463 g/mol. The number of anilines is 2. The number of methoxy groups -OCH3 is 1. The fourth-order valence-electron chi connectivity index (χ4n) is 2.83. The van der Waals surface area contributed by atoms with Crippen molar-refractivity contribution in [2.45, 2.75) is 0 Å². The average molecular weight is 463 g/mol. The lowest BCUT2D eigenvalue weighted by Gasteiger charge is -2.12. The lowest BCUT2D eigenvalue weighted by molar-refractivity contribution is -0.118. The Labute approximate surface area is 194 Å². The molecule has 0 saturated heterocycles. The van der Waals surface area contributed by atoms with Crippen LogP contribution >= 0.6 is 0 Å². The van der Waals surface area contributed by atoms with Gasteiger partial charge in [-0.3, -0.25) is 9.59 Å². The summed E-state index contributed by atoms with van der Waals surface area (Å²) in [6, 6.07) is 17.3. The van der Waals surface area contributed by atoms with Gasteiger partial charge in [0, 0.05) is 5.69 Å². The molecule has 3 aromatic carbocycles. The number of carbonyl (C=O) groups excluding carboxylic acids is 2. The number of carbonyl (C=O) groups is 2. The van der Waals surface area contributed by atoms with Crippen LogP contribution in [0.2, 0.25) is 0 Å². The van der Waals surface area contributed by atoms with Gasteiger partial charge in [-0.15, -0.1) is 0 Å². The average Bonchev–Trinajstić information content (AvgIpc) is 2.84. The standard InChI is InChI=1S/C25H19F2N3O4/c1-33-23-13-16(12-17(14-28)25(32)29-19-9-7-18(26)8-10-19)6-11-22(23)34-15-24(31)30-21-5-3-2-4-20(21)27/h2-13H,15H2,1H3,(H,29,32)(H,30,31)/b17-12+. The largest absolute Gasteiger partial charge is 0.493 e. The van der Waals surface area contributed by atoms with Gasteiger partial charge in [-0.2, -0.15) is 5.26 Å². The normalized spacial score (nSPS) is 10.7. The molecule has 9 heteroatoms. The summed E-state index contributed by atoms with van der Waals surface area (Å²) >= 11 is 0. The van der Waals surface area contributed by atoms with Gasteiger partial charge in [0.05, 0.1) is 12.8 Å². The van der Waals surface area contributed by atoms with Crippen molar-refractivity contribution in [1.29, 1.82) is 5.26 Å². The molecule has 0 heterocycles. The van der Waals surface area contributed by atoms with Crippen molar-refractivity contribution in [3.8, 4) is 17.6 Å². The molecule has 0 unspecified atom stereocenters. The molecule has 3 aromatic rings. The molecule has 0 fully saturated rings. The Hall–Kier alpha value is -4.71. The van der Waals surface area contributed by atoms with E-state index in [0.29, 0.717) is 11.3 Å². The zero-order chi connectivity index (χ0) is 24.5. The van der Waals surface area contributed by atoms with Gasteiger partial charge in [-0.1, -0.05) is 18.2 Å². The highest BCUT2D eigenvalue weighted by molar-refractivity contribution is 6.09. The molecular weight excluding hydrogens is 444 g/mol. The number of amides is 2. The topological polar surface area (TPSA) is 100 Å². The van der Waals surface area contributed by atoms with Crippen LogP contribution in [-0.4, -0.2) is 25.5 Å². The number of para-hydroxylation sites is 1. The van der Waals surface area contributed by atoms with Gasteiger partial charge in [0.15, 0.2) is 18.1 Å². The summed E-state index contributed by atoms with van der Waals surface area (Å²) in [6.07, 6.45) is 1.34. The predicted molar refractivity (Wildman–Crippen MR) is 122 cm³/mol. The van der Waals surface area contributed by atoms with Crippen LogP contribution in [0.25, 0.3) is 6.08 Å². The maximum atomic E-state index is 13.7. The summed E-state index contributed by atoms with van der Waals surface area (Å²) in [4.78, 5) is 24.5. The number of nitrogens with zero attached hydrogens (tertiary/aromatic N) is 1. The van der Waals surface area contributed by atoms with Crippen molar-refractivity contribution in [2.24, 2.45) is 0 Å². The summed E-state index contributed by atoms with van der Waals surface area (Å²) in [6.45, 7) is -0.399. The van der Waals surface area contributed by atoms with Crippen molar-refractivity contribution < 1.29 is 27.8 Å². The Kier molecular flexibility index (Phi) is 7.92. The van der Waals surface area contributed by atoms with Crippen LogP contribution in [0.15, 0.2) is 72.3 Å². The zero-order valence-electron chi connectivity index (χ0n) is 18.0. The van der Waals surface area contributed by atoms with Gasteiger partial charge in [0.25, 0.3) is 11.8 Å². The zero-order valence-corrected chi connectivity index (χ0v) is 18.0. The molecule has 0 saturated carbocycles. The third-order valence-corrected chi connectivity index (χ3v) is 4.47. The minimum absolute atomic E-state index is 0.0338. The number of nitrogens with one attached hydrogen (secondary N) is 2. The van der Waals surface area contributed by atoms with Crippen molar-refractivity contribution in [3.63, 3.8) is 0 Å². The number of hydrogen-bond donors (Lipinski definition) is 2. The Morgan fingerprint density at radius 1 is 1.00 bits per heavy atom. The molecule has 0 radical (unpaired) electrons. The molecule has 0 aliphatic heterocycles. The number of ether oxygens (including phenoxy) is 2. The van der Waals surface area contributed by atoms with E-state index in [1.807, 2.05) is 6.07 Å². The maximum absolute atomic E-state index is 13.7. The van der Waals surface area contributed by atoms with Gasteiger partial charge in [0.2, 0.25) is 0 Å². The smallest absolute Gasteiger partial charge is 0.266 e. The first-order valence-electron chi connectivity index (χ1n) is 9.93. The van der Waals surface area contributed by atoms with E-state index in [9.17, 15) is 23.6 Å². The molecule has 0 spiro atoms. The molecular formula is C25H19F2N3O4. The quantitative estimate of drug-likeness (QED) is 0.378. The number of rotatable bonds is 8. The van der Waals surface area contributed by atoms with Crippen molar-refractivity contribution in [1.82, 2.24) is 0 Å². The molecule has 0 aliphatic rings. The van der Waals surface area contributed by atoms with Crippen LogP contribution in [0.4, 0.5) is 20.2 Å². The lowest BCUT2D eigenvalue weighted by atomic mass is 10.1. The minimum atomic E-state index is -0.668. The first kappa shape index (κ1) is 23.9. The Morgan fingerprint density at radius 3 is 2.41 bits per heavy atom. The van der Waals surface area contributed by atoms with Crippen molar-refractivity contribution in [3.05, 3.63) is 89.5 Å². The molecule has 0 aliphatic carbocycles. The second-order valence-electron chi connectivity index (χ2n) is 6.86. The van der Waals surface area contributed by atoms with Crippen molar-refractivity contribution in [2.75, 3.05) is 24.4 Å². The molecule has 0 atom stereocenters. The first-order chi connectivity index (χ1) is 16.4. The molecule has 0 aromatic heterocycles. The van der Waals surface area contributed by atoms with Crippen molar-refractivity contribution >= 4 is 29.3 Å². The van der Waals surface area contributed by atoms with E-state index in [-0.39, 0.29) is 22.8 Å². The molecule has 7 nitrogen and oxygen atoms in total.